The lowest BCUT2D eigenvalue weighted by Crippen LogP contribution is -2.38. The van der Waals surface area contributed by atoms with Crippen molar-refractivity contribution in [3.8, 4) is 0 Å². The molecule has 1 aliphatic rings. The lowest BCUT2D eigenvalue weighted by atomic mass is 9.83. The normalized spacial score (nSPS) is 20.3. The largest absolute Gasteiger partial charge is 0.326 e. The van der Waals surface area contributed by atoms with Gasteiger partial charge in [0.15, 0.2) is 0 Å². The van der Waals surface area contributed by atoms with Crippen LogP contribution in [0.4, 0.5) is 0 Å². The number of nitrogens with one attached hydrogen (secondary N) is 1. The third-order valence-electron chi connectivity index (χ3n) is 3.19. The summed E-state index contributed by atoms with van der Waals surface area (Å²) in [5.41, 5.74) is 5.92. The first-order valence-electron chi connectivity index (χ1n) is 5.66. The highest BCUT2D eigenvalue weighted by molar-refractivity contribution is 4.72. The molecule has 13 heavy (non-hydrogen) atoms. The van der Waals surface area contributed by atoms with E-state index < -0.39 is 0 Å². The standard InChI is InChI=1S/C11H24N2/c1-9(2)11(12)8-13-7-6-10-4-3-5-10/h9-11,13H,3-8,12H2,1-2H3. The van der Waals surface area contributed by atoms with Crippen LogP contribution in [0.25, 0.3) is 0 Å². The van der Waals surface area contributed by atoms with E-state index in [0.29, 0.717) is 12.0 Å². The van der Waals surface area contributed by atoms with Crippen LogP contribution in [0.5, 0.6) is 0 Å². The van der Waals surface area contributed by atoms with Gasteiger partial charge in [0.2, 0.25) is 0 Å². The molecule has 1 aliphatic carbocycles. The molecule has 0 radical (unpaired) electrons. The maximum Gasteiger partial charge on any atom is 0.0188 e. The minimum atomic E-state index is 0.321. The van der Waals surface area contributed by atoms with Gasteiger partial charge < -0.3 is 11.1 Å². The summed E-state index contributed by atoms with van der Waals surface area (Å²) in [6.07, 6.45) is 5.72. The summed E-state index contributed by atoms with van der Waals surface area (Å²) in [5.74, 6) is 1.61. The van der Waals surface area contributed by atoms with Gasteiger partial charge in [-0.15, -0.1) is 0 Å². The monoisotopic (exact) mass is 184 g/mol. The van der Waals surface area contributed by atoms with Crippen LogP contribution in [-0.4, -0.2) is 19.1 Å². The van der Waals surface area contributed by atoms with Crippen molar-refractivity contribution in [2.75, 3.05) is 13.1 Å². The fraction of sp³-hybridized carbons (Fsp3) is 1.00. The van der Waals surface area contributed by atoms with E-state index in [1.54, 1.807) is 0 Å². The van der Waals surface area contributed by atoms with Gasteiger partial charge in [0.1, 0.15) is 0 Å². The fourth-order valence-corrected chi connectivity index (χ4v) is 1.59. The molecule has 0 spiro atoms. The SMILES string of the molecule is CC(C)C(N)CNCCC1CCC1. The number of rotatable bonds is 6. The number of hydrogen-bond donors (Lipinski definition) is 2. The summed E-state index contributed by atoms with van der Waals surface area (Å²) in [4.78, 5) is 0. The second-order valence-corrected chi connectivity index (χ2v) is 4.70. The Morgan fingerprint density at radius 1 is 1.38 bits per heavy atom. The van der Waals surface area contributed by atoms with Gasteiger partial charge in [-0.05, 0) is 24.8 Å². The van der Waals surface area contributed by atoms with Gasteiger partial charge in [-0.1, -0.05) is 33.1 Å². The molecule has 1 rings (SSSR count). The van der Waals surface area contributed by atoms with E-state index in [1.807, 2.05) is 0 Å². The minimum absolute atomic E-state index is 0.321. The highest BCUT2D eigenvalue weighted by Gasteiger charge is 2.16. The highest BCUT2D eigenvalue weighted by Crippen LogP contribution is 2.28. The molecule has 0 aromatic rings. The second kappa shape index (κ2) is 5.61. The predicted octanol–water partition coefficient (Wildman–Crippen LogP) is 1.75. The lowest BCUT2D eigenvalue weighted by Gasteiger charge is -2.25. The van der Waals surface area contributed by atoms with Crippen LogP contribution in [0, 0.1) is 11.8 Å². The molecule has 0 aliphatic heterocycles. The van der Waals surface area contributed by atoms with Gasteiger partial charge in [0.25, 0.3) is 0 Å². The van der Waals surface area contributed by atoms with Crippen LogP contribution in [0.3, 0.4) is 0 Å². The summed E-state index contributed by atoms with van der Waals surface area (Å²) < 4.78 is 0. The maximum absolute atomic E-state index is 5.92. The van der Waals surface area contributed by atoms with Crippen molar-refractivity contribution in [2.24, 2.45) is 17.6 Å². The number of hydrogen-bond acceptors (Lipinski definition) is 2. The van der Waals surface area contributed by atoms with Crippen LogP contribution in [-0.2, 0) is 0 Å². The third-order valence-corrected chi connectivity index (χ3v) is 3.19. The smallest absolute Gasteiger partial charge is 0.0188 e. The highest BCUT2D eigenvalue weighted by atomic mass is 14.9. The zero-order valence-corrected chi connectivity index (χ0v) is 9.05. The molecule has 2 heteroatoms. The van der Waals surface area contributed by atoms with E-state index >= 15 is 0 Å². The van der Waals surface area contributed by atoms with Crippen molar-refractivity contribution < 1.29 is 0 Å². The topological polar surface area (TPSA) is 38.0 Å². The zero-order chi connectivity index (χ0) is 9.68. The molecule has 0 aromatic carbocycles. The molecule has 0 aromatic heterocycles. The van der Waals surface area contributed by atoms with Crippen molar-refractivity contribution in [2.45, 2.75) is 45.6 Å². The first kappa shape index (κ1) is 11.0. The molecule has 1 fully saturated rings. The van der Waals surface area contributed by atoms with Crippen molar-refractivity contribution in [1.82, 2.24) is 5.32 Å². The first-order chi connectivity index (χ1) is 6.20. The summed E-state index contributed by atoms with van der Waals surface area (Å²) in [7, 11) is 0. The minimum Gasteiger partial charge on any atom is -0.326 e. The van der Waals surface area contributed by atoms with Crippen LogP contribution < -0.4 is 11.1 Å². The van der Waals surface area contributed by atoms with Crippen molar-refractivity contribution in [3.63, 3.8) is 0 Å². The van der Waals surface area contributed by atoms with E-state index in [9.17, 15) is 0 Å². The summed E-state index contributed by atoms with van der Waals surface area (Å²) >= 11 is 0. The average Bonchev–Trinajstić information content (AvgIpc) is 2.00. The summed E-state index contributed by atoms with van der Waals surface area (Å²) in [6.45, 7) is 6.49. The zero-order valence-electron chi connectivity index (χ0n) is 9.05. The molecule has 2 nitrogen and oxygen atoms in total. The Hall–Kier alpha value is -0.0800. The van der Waals surface area contributed by atoms with Crippen molar-refractivity contribution in [3.05, 3.63) is 0 Å². The molecular formula is C11H24N2. The van der Waals surface area contributed by atoms with Gasteiger partial charge in [0, 0.05) is 12.6 Å². The van der Waals surface area contributed by atoms with E-state index in [1.165, 1.54) is 25.7 Å². The Bertz CT molecular complexity index is 130. The molecule has 78 valence electrons. The molecule has 3 N–H and O–H groups in total. The van der Waals surface area contributed by atoms with Crippen molar-refractivity contribution >= 4 is 0 Å². The molecule has 1 unspecified atom stereocenters. The molecule has 0 heterocycles. The quantitative estimate of drug-likeness (QED) is 0.617. The molecule has 0 bridgehead atoms. The van der Waals surface area contributed by atoms with Crippen LogP contribution >= 0.6 is 0 Å². The first-order valence-corrected chi connectivity index (χ1v) is 5.66. The Morgan fingerprint density at radius 2 is 2.08 bits per heavy atom. The summed E-state index contributed by atoms with van der Waals surface area (Å²) in [6, 6.07) is 0.321. The number of nitrogens with two attached hydrogens (primary N) is 1. The van der Waals surface area contributed by atoms with Crippen LogP contribution in [0.15, 0.2) is 0 Å². The maximum atomic E-state index is 5.92. The average molecular weight is 184 g/mol. The molecule has 1 saturated carbocycles. The predicted molar refractivity (Wildman–Crippen MR) is 57.6 cm³/mol. The van der Waals surface area contributed by atoms with E-state index in [-0.39, 0.29) is 0 Å². The molecule has 0 saturated heterocycles. The van der Waals surface area contributed by atoms with E-state index in [0.717, 1.165) is 19.0 Å². The molecule has 1 atom stereocenters. The van der Waals surface area contributed by atoms with Gasteiger partial charge in [0.05, 0.1) is 0 Å². The second-order valence-electron chi connectivity index (χ2n) is 4.70. The van der Waals surface area contributed by atoms with E-state index in [2.05, 4.69) is 19.2 Å². The van der Waals surface area contributed by atoms with Gasteiger partial charge in [-0.25, -0.2) is 0 Å². The Balaban J connectivity index is 1.88. The molecular weight excluding hydrogens is 160 g/mol. The van der Waals surface area contributed by atoms with Gasteiger partial charge in [-0.3, -0.25) is 0 Å². The Morgan fingerprint density at radius 3 is 2.54 bits per heavy atom. The fourth-order valence-electron chi connectivity index (χ4n) is 1.59. The van der Waals surface area contributed by atoms with Crippen LogP contribution in [0.2, 0.25) is 0 Å². The van der Waals surface area contributed by atoms with Crippen LogP contribution in [0.1, 0.15) is 39.5 Å². The lowest BCUT2D eigenvalue weighted by molar-refractivity contribution is 0.290. The Labute approximate surface area is 82.3 Å². The third kappa shape index (κ3) is 4.10. The summed E-state index contributed by atoms with van der Waals surface area (Å²) in [5, 5.41) is 3.44. The van der Waals surface area contributed by atoms with Gasteiger partial charge in [-0.2, -0.15) is 0 Å². The van der Waals surface area contributed by atoms with Crippen molar-refractivity contribution in [1.29, 1.82) is 0 Å². The Kier molecular flexibility index (Phi) is 4.74. The molecule has 0 amide bonds. The van der Waals surface area contributed by atoms with E-state index in [4.69, 9.17) is 5.73 Å². The van der Waals surface area contributed by atoms with Gasteiger partial charge >= 0.3 is 0 Å².